The van der Waals surface area contributed by atoms with Gasteiger partial charge in [-0.25, -0.2) is 8.42 Å². The summed E-state index contributed by atoms with van der Waals surface area (Å²) in [7, 11) is -1.07. The summed E-state index contributed by atoms with van der Waals surface area (Å²) in [5.41, 5.74) is 1.87. The van der Waals surface area contributed by atoms with Crippen LogP contribution in [-0.4, -0.2) is 56.1 Å². The van der Waals surface area contributed by atoms with Crippen LogP contribution in [0.3, 0.4) is 0 Å². The molecule has 0 unspecified atom stereocenters. The molecule has 0 heterocycles. The van der Waals surface area contributed by atoms with E-state index in [1.165, 1.54) is 43.3 Å². The van der Waals surface area contributed by atoms with Crippen molar-refractivity contribution in [1.82, 2.24) is 14.5 Å². The summed E-state index contributed by atoms with van der Waals surface area (Å²) >= 11 is 5.83. The summed E-state index contributed by atoms with van der Waals surface area (Å²) in [4.78, 5) is 26.7. The van der Waals surface area contributed by atoms with Crippen molar-refractivity contribution in [2.24, 2.45) is 0 Å². The number of hydrogen-bond donors (Lipinski definition) is 1. The quantitative estimate of drug-likeness (QED) is 0.667. The summed E-state index contributed by atoms with van der Waals surface area (Å²) < 4.78 is 26.6. The van der Waals surface area contributed by atoms with Crippen LogP contribution in [0.1, 0.15) is 18.1 Å². The SMILES string of the molecule is CNC(=O)[C@@H](C)N(Cc1cccc(C)c1)C(=O)CN(C)S(=O)(=O)c1ccc(Cl)cc1. The molecule has 2 amide bonds. The first-order chi connectivity index (χ1) is 14.1. The molecule has 0 saturated carbocycles. The van der Waals surface area contributed by atoms with E-state index >= 15 is 0 Å². The molecular weight excluding hydrogens is 426 g/mol. The van der Waals surface area contributed by atoms with Crippen molar-refractivity contribution in [3.05, 3.63) is 64.7 Å². The fourth-order valence-corrected chi connectivity index (χ4v) is 4.20. The number of aryl methyl sites for hydroxylation is 1. The minimum absolute atomic E-state index is 0.0341. The minimum atomic E-state index is -3.89. The van der Waals surface area contributed by atoms with Gasteiger partial charge in [-0.15, -0.1) is 0 Å². The Labute approximate surface area is 182 Å². The normalized spacial score (nSPS) is 12.5. The van der Waals surface area contributed by atoms with Gasteiger partial charge in [0.15, 0.2) is 0 Å². The zero-order valence-corrected chi connectivity index (χ0v) is 19.0. The standard InChI is InChI=1S/C21H26ClN3O4S/c1-15-6-5-7-17(12-15)13-25(16(2)21(27)23-3)20(26)14-24(4)30(28,29)19-10-8-18(22)9-11-19/h5-12,16H,13-14H2,1-4H3,(H,23,27)/t16-/m1/s1. The molecule has 9 heteroatoms. The third kappa shape index (κ3) is 5.81. The highest BCUT2D eigenvalue weighted by Crippen LogP contribution is 2.18. The molecule has 30 heavy (non-hydrogen) atoms. The summed E-state index contributed by atoms with van der Waals surface area (Å²) in [5, 5.41) is 2.95. The number of sulfonamides is 1. The molecule has 7 nitrogen and oxygen atoms in total. The Hall–Kier alpha value is -2.42. The Bertz CT molecular complexity index is 1010. The molecule has 1 atom stereocenters. The van der Waals surface area contributed by atoms with Crippen LogP contribution in [0.5, 0.6) is 0 Å². The maximum absolute atomic E-state index is 13.1. The summed E-state index contributed by atoms with van der Waals surface area (Å²) in [6.45, 7) is 3.33. The van der Waals surface area contributed by atoms with Crippen LogP contribution in [-0.2, 0) is 26.2 Å². The number of carbonyl (C=O) groups excluding carboxylic acids is 2. The predicted octanol–water partition coefficient (Wildman–Crippen LogP) is 2.43. The summed E-state index contributed by atoms with van der Waals surface area (Å²) in [6, 6.07) is 12.5. The number of halogens is 1. The smallest absolute Gasteiger partial charge is 0.243 e. The molecule has 0 radical (unpaired) electrons. The van der Waals surface area contributed by atoms with E-state index in [2.05, 4.69) is 5.32 Å². The minimum Gasteiger partial charge on any atom is -0.357 e. The Kier molecular flexibility index (Phi) is 8.00. The average molecular weight is 452 g/mol. The van der Waals surface area contributed by atoms with Gasteiger partial charge in [0.05, 0.1) is 11.4 Å². The van der Waals surface area contributed by atoms with Crippen molar-refractivity contribution in [1.29, 1.82) is 0 Å². The molecule has 0 aliphatic carbocycles. The van der Waals surface area contributed by atoms with Gasteiger partial charge in [0.2, 0.25) is 21.8 Å². The number of likely N-dealkylation sites (N-methyl/N-ethyl adjacent to an activating group) is 2. The number of rotatable bonds is 8. The lowest BCUT2D eigenvalue weighted by atomic mass is 10.1. The van der Waals surface area contributed by atoms with Gasteiger partial charge >= 0.3 is 0 Å². The highest BCUT2D eigenvalue weighted by molar-refractivity contribution is 7.89. The van der Waals surface area contributed by atoms with Gasteiger partial charge in [-0.2, -0.15) is 4.31 Å². The molecule has 2 rings (SSSR count). The number of nitrogens with zero attached hydrogens (tertiary/aromatic N) is 2. The third-order valence-corrected chi connectivity index (χ3v) is 6.80. The van der Waals surface area contributed by atoms with Crippen molar-refractivity contribution in [3.63, 3.8) is 0 Å². The van der Waals surface area contributed by atoms with E-state index < -0.39 is 28.5 Å². The molecule has 0 spiro atoms. The molecule has 0 fully saturated rings. The molecule has 162 valence electrons. The van der Waals surface area contributed by atoms with E-state index in [9.17, 15) is 18.0 Å². The molecule has 0 saturated heterocycles. The van der Waals surface area contributed by atoms with Crippen LogP contribution in [0.4, 0.5) is 0 Å². The van der Waals surface area contributed by atoms with Crippen molar-refractivity contribution >= 4 is 33.4 Å². The van der Waals surface area contributed by atoms with Crippen LogP contribution in [0.15, 0.2) is 53.4 Å². The van der Waals surface area contributed by atoms with Gasteiger partial charge in [0.25, 0.3) is 0 Å². The first-order valence-electron chi connectivity index (χ1n) is 9.34. The molecule has 0 aliphatic rings. The molecule has 2 aromatic carbocycles. The molecule has 0 aliphatic heterocycles. The van der Waals surface area contributed by atoms with Crippen LogP contribution in [0, 0.1) is 6.92 Å². The van der Waals surface area contributed by atoms with Gasteiger partial charge in [-0.3, -0.25) is 9.59 Å². The Morgan fingerprint density at radius 2 is 1.77 bits per heavy atom. The number of nitrogens with one attached hydrogen (secondary N) is 1. The first kappa shape index (κ1) is 23.9. The fourth-order valence-electron chi connectivity index (χ4n) is 2.95. The van der Waals surface area contributed by atoms with E-state index in [-0.39, 0.29) is 17.3 Å². The van der Waals surface area contributed by atoms with Crippen LogP contribution in [0.2, 0.25) is 5.02 Å². The Morgan fingerprint density at radius 1 is 1.13 bits per heavy atom. The van der Waals surface area contributed by atoms with Gasteiger partial charge in [0.1, 0.15) is 6.04 Å². The lowest BCUT2D eigenvalue weighted by molar-refractivity contribution is -0.140. The summed E-state index contributed by atoms with van der Waals surface area (Å²) in [6.07, 6.45) is 0. The second-order valence-electron chi connectivity index (χ2n) is 7.02. The lowest BCUT2D eigenvalue weighted by Crippen LogP contribution is -2.50. The second-order valence-corrected chi connectivity index (χ2v) is 9.50. The largest absolute Gasteiger partial charge is 0.357 e. The molecule has 0 bridgehead atoms. The highest BCUT2D eigenvalue weighted by atomic mass is 35.5. The second kappa shape index (κ2) is 10.1. The van der Waals surface area contributed by atoms with Gasteiger partial charge in [0, 0.05) is 25.7 Å². The Morgan fingerprint density at radius 3 is 2.33 bits per heavy atom. The van der Waals surface area contributed by atoms with Crippen molar-refractivity contribution in [2.45, 2.75) is 31.3 Å². The van der Waals surface area contributed by atoms with Gasteiger partial charge in [-0.05, 0) is 43.7 Å². The summed E-state index contributed by atoms with van der Waals surface area (Å²) in [5.74, 6) is -0.813. The zero-order chi connectivity index (χ0) is 22.5. The monoisotopic (exact) mass is 451 g/mol. The van der Waals surface area contributed by atoms with Crippen LogP contribution < -0.4 is 5.32 Å². The molecular formula is C21H26ClN3O4S. The van der Waals surface area contributed by atoms with Gasteiger partial charge in [-0.1, -0.05) is 41.4 Å². The fraction of sp³-hybridized carbons (Fsp3) is 0.333. The van der Waals surface area contributed by atoms with Crippen LogP contribution in [0.25, 0.3) is 0 Å². The Balaban J connectivity index is 2.26. The highest BCUT2D eigenvalue weighted by Gasteiger charge is 2.29. The van der Waals surface area contributed by atoms with Crippen molar-refractivity contribution in [3.8, 4) is 0 Å². The van der Waals surface area contributed by atoms with E-state index in [0.717, 1.165) is 15.4 Å². The van der Waals surface area contributed by atoms with Crippen molar-refractivity contribution < 1.29 is 18.0 Å². The van der Waals surface area contributed by atoms with Gasteiger partial charge < -0.3 is 10.2 Å². The van der Waals surface area contributed by atoms with E-state index in [1.54, 1.807) is 6.92 Å². The maximum atomic E-state index is 13.1. The molecule has 1 N–H and O–H groups in total. The first-order valence-corrected chi connectivity index (χ1v) is 11.2. The van der Waals surface area contributed by atoms with E-state index in [1.807, 2.05) is 31.2 Å². The topological polar surface area (TPSA) is 86.8 Å². The number of benzene rings is 2. The van der Waals surface area contributed by atoms with E-state index in [4.69, 9.17) is 11.6 Å². The van der Waals surface area contributed by atoms with Crippen LogP contribution >= 0.6 is 11.6 Å². The molecule has 0 aromatic heterocycles. The lowest BCUT2D eigenvalue weighted by Gasteiger charge is -2.30. The molecule has 2 aromatic rings. The van der Waals surface area contributed by atoms with E-state index in [0.29, 0.717) is 5.02 Å². The third-order valence-electron chi connectivity index (χ3n) is 4.73. The van der Waals surface area contributed by atoms with Crippen molar-refractivity contribution in [2.75, 3.05) is 20.6 Å². The maximum Gasteiger partial charge on any atom is 0.243 e. The average Bonchev–Trinajstić information content (AvgIpc) is 2.71. The zero-order valence-electron chi connectivity index (χ0n) is 17.4. The number of carbonyl (C=O) groups is 2. The number of amides is 2. The predicted molar refractivity (Wildman–Crippen MR) is 117 cm³/mol. The number of hydrogen-bond acceptors (Lipinski definition) is 4.